The van der Waals surface area contributed by atoms with Gasteiger partial charge in [0.25, 0.3) is 5.56 Å². The molecule has 0 spiro atoms. The maximum Gasteiger partial charge on any atom is 0.263 e. The highest BCUT2D eigenvalue weighted by atomic mass is 32.2. The minimum absolute atomic E-state index is 0.106. The van der Waals surface area contributed by atoms with Crippen LogP contribution >= 0.6 is 23.1 Å². The second kappa shape index (κ2) is 11.0. The lowest BCUT2D eigenvalue weighted by molar-refractivity contribution is 0.00200. The van der Waals surface area contributed by atoms with E-state index in [0.717, 1.165) is 39.5 Å². The molecule has 3 heterocycles. The van der Waals surface area contributed by atoms with E-state index >= 15 is 0 Å². The van der Waals surface area contributed by atoms with Gasteiger partial charge >= 0.3 is 0 Å². The van der Waals surface area contributed by atoms with Crippen LogP contribution in [0.15, 0.2) is 40.3 Å². The normalized spacial score (nSPS) is 16.1. The fraction of sp³-hybridized carbons (Fsp3) is 0.538. The number of fused-ring (bicyclic) bond motifs is 3. The van der Waals surface area contributed by atoms with Crippen LogP contribution in [-0.2, 0) is 24.3 Å². The molecule has 0 amide bonds. The Bertz CT molecular complexity index is 1090. The van der Waals surface area contributed by atoms with Crippen LogP contribution in [0.2, 0.25) is 0 Å². The molecule has 0 saturated carbocycles. The van der Waals surface area contributed by atoms with Crippen molar-refractivity contribution >= 4 is 33.3 Å². The first-order chi connectivity index (χ1) is 15.6. The highest BCUT2D eigenvalue weighted by Gasteiger charge is 2.28. The van der Waals surface area contributed by atoms with Crippen LogP contribution in [0.3, 0.4) is 0 Å². The van der Waals surface area contributed by atoms with Crippen molar-refractivity contribution in [2.75, 3.05) is 5.75 Å². The van der Waals surface area contributed by atoms with Crippen molar-refractivity contribution in [3.8, 4) is 0 Å². The molecular weight excluding hydrogens is 436 g/mol. The summed E-state index contributed by atoms with van der Waals surface area (Å²) in [6.45, 7) is 7.77. The first-order valence-corrected chi connectivity index (χ1v) is 13.7. The van der Waals surface area contributed by atoms with E-state index in [1.807, 2.05) is 22.8 Å². The van der Waals surface area contributed by atoms with Gasteiger partial charge in [0.2, 0.25) is 0 Å². The molecule has 6 heteroatoms. The Morgan fingerprint density at radius 1 is 1.19 bits per heavy atom. The molecule has 0 aliphatic carbocycles. The molecule has 1 atom stereocenters. The topological polar surface area (TPSA) is 44.1 Å². The van der Waals surface area contributed by atoms with E-state index in [-0.39, 0.29) is 11.7 Å². The summed E-state index contributed by atoms with van der Waals surface area (Å²) in [7, 11) is 0. The number of thioether (sulfide) groups is 1. The number of benzene rings is 1. The molecule has 0 saturated heterocycles. The number of aromatic nitrogens is 2. The average molecular weight is 471 g/mol. The quantitative estimate of drug-likeness (QED) is 0.189. The molecule has 1 aliphatic heterocycles. The van der Waals surface area contributed by atoms with Crippen molar-refractivity contribution in [2.45, 2.75) is 83.7 Å². The zero-order chi connectivity index (χ0) is 22.5. The van der Waals surface area contributed by atoms with Gasteiger partial charge in [-0.1, -0.05) is 88.5 Å². The van der Waals surface area contributed by atoms with Crippen LogP contribution in [0, 0.1) is 5.92 Å². The minimum Gasteiger partial charge on any atom is -0.372 e. The van der Waals surface area contributed by atoms with Gasteiger partial charge in [0.1, 0.15) is 4.83 Å². The highest BCUT2D eigenvalue weighted by Crippen LogP contribution is 2.36. The van der Waals surface area contributed by atoms with Gasteiger partial charge in [-0.25, -0.2) is 4.98 Å². The van der Waals surface area contributed by atoms with Crippen molar-refractivity contribution in [3.63, 3.8) is 0 Å². The molecular formula is C26H34N2O2S2. The largest absolute Gasteiger partial charge is 0.372 e. The molecule has 4 nitrogen and oxygen atoms in total. The van der Waals surface area contributed by atoms with Crippen LogP contribution in [0.5, 0.6) is 0 Å². The lowest BCUT2D eigenvalue weighted by Crippen LogP contribution is -2.28. The fourth-order valence-electron chi connectivity index (χ4n) is 4.25. The molecule has 172 valence electrons. The summed E-state index contributed by atoms with van der Waals surface area (Å²) in [4.78, 5) is 20.9. The Balaban J connectivity index is 1.68. The average Bonchev–Trinajstić information content (AvgIpc) is 3.16. The Labute approximate surface area is 199 Å². The molecule has 1 unspecified atom stereocenters. The molecule has 32 heavy (non-hydrogen) atoms. The minimum atomic E-state index is 0.106. The van der Waals surface area contributed by atoms with Gasteiger partial charge < -0.3 is 4.74 Å². The molecule has 0 fully saturated rings. The molecule has 0 radical (unpaired) electrons. The molecule has 4 rings (SSSR count). The van der Waals surface area contributed by atoms with Gasteiger partial charge in [-0.15, -0.1) is 11.3 Å². The second-order valence-electron chi connectivity index (χ2n) is 9.02. The van der Waals surface area contributed by atoms with Gasteiger partial charge in [0.15, 0.2) is 5.16 Å². The molecule has 1 aromatic carbocycles. The lowest BCUT2D eigenvalue weighted by atomic mass is 9.96. The summed E-state index contributed by atoms with van der Waals surface area (Å²) >= 11 is 3.38. The Kier molecular flexibility index (Phi) is 8.08. The molecule has 0 N–H and O–H groups in total. The van der Waals surface area contributed by atoms with E-state index in [2.05, 4.69) is 32.9 Å². The smallest absolute Gasteiger partial charge is 0.263 e. The number of nitrogens with zero attached hydrogens (tertiary/aromatic N) is 2. The predicted molar refractivity (Wildman–Crippen MR) is 136 cm³/mol. The first-order valence-electron chi connectivity index (χ1n) is 11.9. The standard InChI is InChI=1S/C26H34N2O2S2/c1-4-5-6-7-11-14-31-26-27-24-23(20-15-21(18(2)3)30-17-22(20)32-24)25(29)28(26)16-19-12-9-8-10-13-19/h8-10,12-13,18,21H,4-7,11,14-17H2,1-3H3. The zero-order valence-corrected chi connectivity index (χ0v) is 21.1. The van der Waals surface area contributed by atoms with Crippen LogP contribution < -0.4 is 5.56 Å². The number of thiophene rings is 1. The Morgan fingerprint density at radius 2 is 1.97 bits per heavy atom. The van der Waals surface area contributed by atoms with E-state index in [1.165, 1.54) is 36.1 Å². The third-order valence-corrected chi connectivity index (χ3v) is 8.36. The molecule has 0 bridgehead atoms. The van der Waals surface area contributed by atoms with Crippen molar-refractivity contribution in [2.24, 2.45) is 5.92 Å². The first kappa shape index (κ1) is 23.5. The van der Waals surface area contributed by atoms with Crippen LogP contribution in [0.4, 0.5) is 0 Å². The number of unbranched alkanes of at least 4 members (excludes halogenated alkanes) is 4. The SMILES string of the molecule is CCCCCCCSc1nc2sc3c(c2c(=O)n1Cc1ccccc1)CC(C(C)C)OC3. The van der Waals surface area contributed by atoms with Crippen LogP contribution in [-0.4, -0.2) is 21.4 Å². The third kappa shape index (κ3) is 5.29. The van der Waals surface area contributed by atoms with Crippen molar-refractivity contribution < 1.29 is 4.74 Å². The zero-order valence-electron chi connectivity index (χ0n) is 19.4. The number of ether oxygens (including phenoxy) is 1. The monoisotopic (exact) mass is 470 g/mol. The maximum absolute atomic E-state index is 13.8. The Hall–Kier alpha value is -1.63. The van der Waals surface area contributed by atoms with Gasteiger partial charge in [0.05, 0.1) is 24.6 Å². The summed E-state index contributed by atoms with van der Waals surface area (Å²) in [5, 5.41) is 1.67. The van der Waals surface area contributed by atoms with Crippen LogP contribution in [0.25, 0.3) is 10.2 Å². The van der Waals surface area contributed by atoms with Crippen LogP contribution in [0.1, 0.15) is 68.9 Å². The summed E-state index contributed by atoms with van der Waals surface area (Å²) in [6, 6.07) is 10.2. The van der Waals surface area contributed by atoms with Crippen molar-refractivity contribution in [1.82, 2.24) is 9.55 Å². The Morgan fingerprint density at radius 3 is 2.72 bits per heavy atom. The van der Waals surface area contributed by atoms with Gasteiger partial charge in [-0.3, -0.25) is 9.36 Å². The van der Waals surface area contributed by atoms with E-state index in [9.17, 15) is 4.79 Å². The van der Waals surface area contributed by atoms with Gasteiger partial charge in [-0.05, 0) is 23.5 Å². The number of hydrogen-bond acceptors (Lipinski definition) is 5. The summed E-state index contributed by atoms with van der Waals surface area (Å²) in [5.41, 5.74) is 2.41. The van der Waals surface area contributed by atoms with E-state index in [0.29, 0.717) is 19.1 Å². The lowest BCUT2D eigenvalue weighted by Gasteiger charge is -2.26. The summed E-state index contributed by atoms with van der Waals surface area (Å²) in [6.07, 6.45) is 7.22. The van der Waals surface area contributed by atoms with Crippen molar-refractivity contribution in [1.29, 1.82) is 0 Å². The third-order valence-electron chi connectivity index (χ3n) is 6.20. The number of hydrogen-bond donors (Lipinski definition) is 0. The molecule has 2 aromatic heterocycles. The van der Waals surface area contributed by atoms with Gasteiger partial charge in [0, 0.05) is 17.1 Å². The predicted octanol–water partition coefficient (Wildman–Crippen LogP) is 6.67. The van der Waals surface area contributed by atoms with E-state index in [4.69, 9.17) is 9.72 Å². The maximum atomic E-state index is 13.8. The highest BCUT2D eigenvalue weighted by molar-refractivity contribution is 7.99. The molecule has 1 aliphatic rings. The van der Waals surface area contributed by atoms with E-state index < -0.39 is 0 Å². The van der Waals surface area contributed by atoms with E-state index in [1.54, 1.807) is 23.1 Å². The van der Waals surface area contributed by atoms with Gasteiger partial charge in [-0.2, -0.15) is 0 Å². The summed E-state index contributed by atoms with van der Waals surface area (Å²) in [5.74, 6) is 1.43. The van der Waals surface area contributed by atoms with Crippen molar-refractivity contribution in [3.05, 3.63) is 56.7 Å². The number of rotatable bonds is 10. The fourth-order valence-corrected chi connectivity index (χ4v) is 6.42. The second-order valence-corrected chi connectivity index (χ2v) is 11.2. The molecule has 3 aromatic rings. The summed E-state index contributed by atoms with van der Waals surface area (Å²) < 4.78 is 7.98.